The monoisotopic (exact) mass is 281 g/mol. The van der Waals surface area contributed by atoms with Crippen LogP contribution in [0.25, 0.3) is 0 Å². The molecule has 1 aliphatic heterocycles. The Labute approximate surface area is 113 Å². The zero-order valence-electron chi connectivity index (χ0n) is 10.9. The van der Waals surface area contributed by atoms with Crippen molar-refractivity contribution >= 4 is 15.7 Å². The standard InChI is InChI=1S/C13H19N3O2S/c17-19(18,12-4-5-12)10-11-2-1-3-13(15-11)16-8-6-14-7-9-16/h1-3,12,14H,4-10H2. The Morgan fingerprint density at radius 2 is 2.00 bits per heavy atom. The minimum Gasteiger partial charge on any atom is -0.354 e. The molecule has 0 radical (unpaired) electrons. The van der Waals surface area contributed by atoms with E-state index in [1.165, 1.54) is 0 Å². The van der Waals surface area contributed by atoms with E-state index in [1.54, 1.807) is 0 Å². The lowest BCUT2D eigenvalue weighted by molar-refractivity contribution is 0.583. The van der Waals surface area contributed by atoms with Gasteiger partial charge in [0.1, 0.15) is 5.82 Å². The van der Waals surface area contributed by atoms with Gasteiger partial charge in [-0.15, -0.1) is 0 Å². The topological polar surface area (TPSA) is 62.3 Å². The zero-order chi connectivity index (χ0) is 13.3. The summed E-state index contributed by atoms with van der Waals surface area (Å²) in [5.74, 6) is 0.974. The molecule has 104 valence electrons. The first kappa shape index (κ1) is 12.9. The van der Waals surface area contributed by atoms with Gasteiger partial charge in [-0.3, -0.25) is 0 Å². The lowest BCUT2D eigenvalue weighted by Gasteiger charge is -2.28. The molecule has 1 aliphatic carbocycles. The highest BCUT2D eigenvalue weighted by molar-refractivity contribution is 7.91. The van der Waals surface area contributed by atoms with Gasteiger partial charge in [0.2, 0.25) is 0 Å². The van der Waals surface area contributed by atoms with Gasteiger partial charge in [0.05, 0.1) is 16.7 Å². The number of hydrogen-bond acceptors (Lipinski definition) is 5. The third-order valence-corrected chi connectivity index (χ3v) is 5.80. The first-order chi connectivity index (χ1) is 9.15. The second-order valence-electron chi connectivity index (χ2n) is 5.23. The van der Waals surface area contributed by atoms with Crippen LogP contribution in [-0.4, -0.2) is 44.8 Å². The van der Waals surface area contributed by atoms with Crippen LogP contribution in [0.5, 0.6) is 0 Å². The lowest BCUT2D eigenvalue weighted by Crippen LogP contribution is -2.43. The van der Waals surface area contributed by atoms with Gasteiger partial charge in [-0.25, -0.2) is 13.4 Å². The average Bonchev–Trinajstić information content (AvgIpc) is 3.24. The van der Waals surface area contributed by atoms with Crippen LogP contribution in [0.15, 0.2) is 18.2 Å². The molecule has 1 aromatic heterocycles. The number of pyridine rings is 1. The maximum atomic E-state index is 12.0. The molecular weight excluding hydrogens is 262 g/mol. The van der Waals surface area contributed by atoms with Gasteiger partial charge < -0.3 is 10.2 Å². The van der Waals surface area contributed by atoms with E-state index in [0.29, 0.717) is 5.69 Å². The van der Waals surface area contributed by atoms with Gasteiger partial charge in [-0.2, -0.15) is 0 Å². The van der Waals surface area contributed by atoms with Gasteiger partial charge in [-0.05, 0) is 25.0 Å². The largest absolute Gasteiger partial charge is 0.354 e. The van der Waals surface area contributed by atoms with Crippen LogP contribution in [0, 0.1) is 0 Å². The van der Waals surface area contributed by atoms with Gasteiger partial charge >= 0.3 is 0 Å². The molecule has 2 heterocycles. The molecule has 1 saturated carbocycles. The molecule has 0 atom stereocenters. The Kier molecular flexibility index (Phi) is 3.45. The number of anilines is 1. The Morgan fingerprint density at radius 3 is 2.68 bits per heavy atom. The van der Waals surface area contributed by atoms with Crippen molar-refractivity contribution in [1.82, 2.24) is 10.3 Å². The quantitative estimate of drug-likeness (QED) is 0.874. The molecule has 6 heteroatoms. The summed E-state index contributed by atoms with van der Waals surface area (Å²) < 4.78 is 24.0. The second kappa shape index (κ2) is 5.09. The van der Waals surface area contributed by atoms with E-state index in [4.69, 9.17) is 0 Å². The molecule has 3 rings (SSSR count). The summed E-state index contributed by atoms with van der Waals surface area (Å²) in [5.41, 5.74) is 0.669. The first-order valence-electron chi connectivity index (χ1n) is 6.78. The fraction of sp³-hybridized carbons (Fsp3) is 0.615. The molecule has 0 bridgehead atoms. The highest BCUT2D eigenvalue weighted by Gasteiger charge is 2.35. The fourth-order valence-corrected chi connectivity index (χ4v) is 4.03. The number of rotatable bonds is 4. The minimum absolute atomic E-state index is 0.0809. The van der Waals surface area contributed by atoms with E-state index in [-0.39, 0.29) is 11.0 Å². The maximum Gasteiger partial charge on any atom is 0.158 e. The summed E-state index contributed by atoms with van der Waals surface area (Å²) in [4.78, 5) is 6.71. The molecule has 0 spiro atoms. The first-order valence-corrected chi connectivity index (χ1v) is 8.50. The number of piperazine rings is 1. The van der Waals surface area contributed by atoms with Crippen molar-refractivity contribution in [3.63, 3.8) is 0 Å². The molecule has 19 heavy (non-hydrogen) atoms. The number of aromatic nitrogens is 1. The number of hydrogen-bond donors (Lipinski definition) is 1. The summed E-state index contributed by atoms with van der Waals surface area (Å²) in [6, 6.07) is 5.67. The third-order valence-electron chi connectivity index (χ3n) is 3.61. The molecule has 2 aliphatic rings. The predicted molar refractivity (Wildman–Crippen MR) is 75.0 cm³/mol. The molecule has 1 aromatic rings. The van der Waals surface area contributed by atoms with Crippen molar-refractivity contribution in [2.75, 3.05) is 31.1 Å². The van der Waals surface area contributed by atoms with Crippen LogP contribution in [0.3, 0.4) is 0 Å². The molecule has 0 aromatic carbocycles. The molecule has 1 N–H and O–H groups in total. The van der Waals surface area contributed by atoms with Crippen LogP contribution in [0.2, 0.25) is 0 Å². The van der Waals surface area contributed by atoms with Crippen molar-refractivity contribution in [3.8, 4) is 0 Å². The van der Waals surface area contributed by atoms with Crippen molar-refractivity contribution in [2.45, 2.75) is 23.8 Å². The van der Waals surface area contributed by atoms with E-state index in [2.05, 4.69) is 15.2 Å². The average molecular weight is 281 g/mol. The summed E-state index contributed by atoms with van der Waals surface area (Å²) >= 11 is 0. The summed E-state index contributed by atoms with van der Waals surface area (Å²) in [6.45, 7) is 3.75. The van der Waals surface area contributed by atoms with E-state index < -0.39 is 9.84 Å². The van der Waals surface area contributed by atoms with Gasteiger partial charge in [0.15, 0.2) is 9.84 Å². The van der Waals surface area contributed by atoms with Crippen molar-refractivity contribution < 1.29 is 8.42 Å². The molecule has 1 saturated heterocycles. The van der Waals surface area contributed by atoms with Crippen molar-refractivity contribution in [3.05, 3.63) is 23.9 Å². The molecule has 5 nitrogen and oxygen atoms in total. The van der Waals surface area contributed by atoms with Crippen LogP contribution in [0.4, 0.5) is 5.82 Å². The van der Waals surface area contributed by atoms with Gasteiger partial charge in [0, 0.05) is 26.2 Å². The van der Waals surface area contributed by atoms with Gasteiger partial charge in [0.25, 0.3) is 0 Å². The molecule has 0 unspecified atom stereocenters. The molecule has 0 amide bonds. The van der Waals surface area contributed by atoms with E-state index in [9.17, 15) is 8.42 Å². The third kappa shape index (κ3) is 3.06. The summed E-state index contributed by atoms with van der Waals surface area (Å²) in [7, 11) is -2.98. The molecular formula is C13H19N3O2S. The Morgan fingerprint density at radius 1 is 1.26 bits per heavy atom. The van der Waals surface area contributed by atoms with Crippen LogP contribution in [0.1, 0.15) is 18.5 Å². The predicted octanol–water partition coefficient (Wildman–Crippen LogP) is 0.568. The van der Waals surface area contributed by atoms with Gasteiger partial charge in [-0.1, -0.05) is 6.07 Å². The van der Waals surface area contributed by atoms with Crippen LogP contribution in [-0.2, 0) is 15.6 Å². The van der Waals surface area contributed by atoms with Crippen LogP contribution < -0.4 is 10.2 Å². The zero-order valence-corrected chi connectivity index (χ0v) is 11.7. The number of nitrogens with zero attached hydrogens (tertiary/aromatic N) is 2. The Hall–Kier alpha value is -1.14. The Bertz CT molecular complexity index is 549. The normalized spacial score (nSPS) is 20.5. The van der Waals surface area contributed by atoms with Crippen LogP contribution >= 0.6 is 0 Å². The van der Waals surface area contributed by atoms with Crippen molar-refractivity contribution in [2.24, 2.45) is 0 Å². The maximum absolute atomic E-state index is 12.0. The fourth-order valence-electron chi connectivity index (χ4n) is 2.37. The SMILES string of the molecule is O=S(=O)(Cc1cccc(N2CCNCC2)n1)C1CC1. The summed E-state index contributed by atoms with van der Waals surface area (Å²) in [6.07, 6.45) is 1.64. The summed E-state index contributed by atoms with van der Waals surface area (Å²) in [5, 5.41) is 3.18. The lowest BCUT2D eigenvalue weighted by atomic mass is 10.3. The smallest absolute Gasteiger partial charge is 0.158 e. The van der Waals surface area contributed by atoms with E-state index >= 15 is 0 Å². The van der Waals surface area contributed by atoms with Crippen molar-refractivity contribution in [1.29, 1.82) is 0 Å². The van der Waals surface area contributed by atoms with E-state index in [1.807, 2.05) is 18.2 Å². The number of nitrogens with one attached hydrogen (secondary N) is 1. The highest BCUT2D eigenvalue weighted by Crippen LogP contribution is 2.30. The Balaban J connectivity index is 1.75. The number of sulfone groups is 1. The minimum atomic E-state index is -2.98. The second-order valence-corrected chi connectivity index (χ2v) is 7.51. The molecule has 2 fully saturated rings. The van der Waals surface area contributed by atoms with E-state index in [0.717, 1.165) is 44.8 Å². The highest BCUT2D eigenvalue weighted by atomic mass is 32.2.